The molecule has 0 bridgehead atoms. The van der Waals surface area contributed by atoms with E-state index in [1.165, 1.54) is 16.7 Å². The molecule has 28 heavy (non-hydrogen) atoms. The van der Waals surface area contributed by atoms with Crippen LogP contribution in [0.1, 0.15) is 29.0 Å². The van der Waals surface area contributed by atoms with Crippen molar-refractivity contribution in [3.63, 3.8) is 0 Å². The first-order valence-corrected chi connectivity index (χ1v) is 9.40. The molecule has 0 aromatic heterocycles. The van der Waals surface area contributed by atoms with E-state index in [1.807, 2.05) is 25.2 Å². The van der Waals surface area contributed by atoms with Gasteiger partial charge in [0.2, 0.25) is 0 Å². The molecule has 2 aromatic carbocycles. The highest BCUT2D eigenvalue weighted by Crippen LogP contribution is 2.28. The van der Waals surface area contributed by atoms with Crippen LogP contribution in [0.25, 0.3) is 0 Å². The van der Waals surface area contributed by atoms with Crippen molar-refractivity contribution in [3.8, 4) is 5.75 Å². The number of halogens is 1. The number of nitrogens with one attached hydrogen (secondary N) is 1. The van der Waals surface area contributed by atoms with Crippen LogP contribution in [0.3, 0.4) is 0 Å². The summed E-state index contributed by atoms with van der Waals surface area (Å²) in [4.78, 5) is 6.84. The van der Waals surface area contributed by atoms with Crippen LogP contribution in [-0.2, 0) is 17.9 Å². The summed E-state index contributed by atoms with van der Waals surface area (Å²) in [5.74, 6) is 2.38. The van der Waals surface area contributed by atoms with Crippen LogP contribution in [0, 0.1) is 0 Å². The van der Waals surface area contributed by atoms with Crippen LogP contribution >= 0.6 is 24.0 Å². The van der Waals surface area contributed by atoms with Gasteiger partial charge in [-0.05, 0) is 35.2 Å². The molecule has 0 radical (unpaired) electrons. The van der Waals surface area contributed by atoms with Crippen molar-refractivity contribution in [3.05, 3.63) is 65.2 Å². The smallest absolute Gasteiger partial charge is 0.193 e. The lowest BCUT2D eigenvalue weighted by Crippen LogP contribution is -2.39. The molecule has 1 saturated heterocycles. The summed E-state index contributed by atoms with van der Waals surface area (Å²) in [6, 6.07) is 16.8. The van der Waals surface area contributed by atoms with Gasteiger partial charge >= 0.3 is 0 Å². The summed E-state index contributed by atoms with van der Waals surface area (Å²) in [5.41, 5.74) is 3.81. The third kappa shape index (κ3) is 5.61. The molecule has 1 fully saturated rings. The van der Waals surface area contributed by atoms with Gasteiger partial charge in [-0.1, -0.05) is 36.4 Å². The van der Waals surface area contributed by atoms with Gasteiger partial charge in [-0.15, -0.1) is 24.0 Å². The molecule has 2 aromatic rings. The normalized spacial score (nSPS) is 16.6. The lowest BCUT2D eigenvalue weighted by atomic mass is 9.98. The van der Waals surface area contributed by atoms with E-state index >= 15 is 0 Å². The highest BCUT2D eigenvalue weighted by Gasteiger charge is 2.26. The molecule has 0 amide bonds. The molecular formula is C22H30IN3O2. The van der Waals surface area contributed by atoms with E-state index in [-0.39, 0.29) is 24.0 Å². The van der Waals surface area contributed by atoms with Gasteiger partial charge in [-0.2, -0.15) is 0 Å². The van der Waals surface area contributed by atoms with E-state index in [4.69, 9.17) is 9.47 Å². The topological polar surface area (TPSA) is 46.1 Å². The number of ether oxygens (including phenoxy) is 2. The van der Waals surface area contributed by atoms with Gasteiger partial charge in [0.15, 0.2) is 5.96 Å². The minimum atomic E-state index is 0. The van der Waals surface area contributed by atoms with Crippen LogP contribution in [0.2, 0.25) is 0 Å². The second kappa shape index (κ2) is 11.3. The van der Waals surface area contributed by atoms with Crippen LogP contribution < -0.4 is 10.1 Å². The van der Waals surface area contributed by atoms with Crippen LogP contribution in [0.15, 0.2) is 53.5 Å². The van der Waals surface area contributed by atoms with Gasteiger partial charge in [-0.25, -0.2) is 0 Å². The Morgan fingerprint density at radius 3 is 2.46 bits per heavy atom. The van der Waals surface area contributed by atoms with E-state index < -0.39 is 0 Å². The van der Waals surface area contributed by atoms with E-state index in [0.717, 1.165) is 37.8 Å². The predicted molar refractivity (Wildman–Crippen MR) is 125 cm³/mol. The molecule has 1 aliphatic heterocycles. The largest absolute Gasteiger partial charge is 0.497 e. The predicted octanol–water partition coefficient (Wildman–Crippen LogP) is 4.02. The van der Waals surface area contributed by atoms with Crippen molar-refractivity contribution in [2.45, 2.75) is 25.5 Å². The van der Waals surface area contributed by atoms with Crippen LogP contribution in [-0.4, -0.2) is 45.2 Å². The molecule has 1 unspecified atom stereocenters. The molecule has 0 saturated carbocycles. The maximum Gasteiger partial charge on any atom is 0.193 e. The zero-order chi connectivity index (χ0) is 19.1. The fourth-order valence-corrected chi connectivity index (χ4v) is 3.63. The summed E-state index contributed by atoms with van der Waals surface area (Å²) in [6.07, 6.45) is 1.13. The first-order chi connectivity index (χ1) is 13.2. The minimum absolute atomic E-state index is 0. The Kier molecular flexibility index (Phi) is 9.05. The van der Waals surface area contributed by atoms with E-state index in [9.17, 15) is 0 Å². The number of benzene rings is 2. The zero-order valence-electron chi connectivity index (χ0n) is 16.9. The van der Waals surface area contributed by atoms with Crippen molar-refractivity contribution in [2.75, 3.05) is 34.4 Å². The third-order valence-electron chi connectivity index (χ3n) is 5.14. The Balaban J connectivity index is 0.00000280. The maximum atomic E-state index is 5.30. The molecule has 0 aliphatic carbocycles. The fourth-order valence-electron chi connectivity index (χ4n) is 3.63. The first kappa shape index (κ1) is 22.5. The van der Waals surface area contributed by atoms with Crippen LogP contribution in [0.5, 0.6) is 5.75 Å². The molecule has 152 valence electrons. The highest BCUT2D eigenvalue weighted by atomic mass is 127. The summed E-state index contributed by atoms with van der Waals surface area (Å²) < 4.78 is 10.6. The number of methoxy groups -OCH3 is 2. The highest BCUT2D eigenvalue weighted by molar-refractivity contribution is 14.0. The van der Waals surface area contributed by atoms with Gasteiger partial charge in [0, 0.05) is 39.7 Å². The first-order valence-electron chi connectivity index (χ1n) is 9.40. The van der Waals surface area contributed by atoms with Crippen molar-refractivity contribution in [1.29, 1.82) is 0 Å². The van der Waals surface area contributed by atoms with Crippen molar-refractivity contribution in [2.24, 2.45) is 4.99 Å². The Labute approximate surface area is 185 Å². The van der Waals surface area contributed by atoms with E-state index in [0.29, 0.717) is 12.5 Å². The molecule has 5 nitrogen and oxygen atoms in total. The van der Waals surface area contributed by atoms with Crippen molar-refractivity contribution in [1.82, 2.24) is 10.2 Å². The lowest BCUT2D eigenvalue weighted by Gasteiger charge is -2.22. The van der Waals surface area contributed by atoms with Gasteiger partial charge in [0.1, 0.15) is 5.75 Å². The van der Waals surface area contributed by atoms with Crippen LogP contribution in [0.4, 0.5) is 0 Å². The zero-order valence-corrected chi connectivity index (χ0v) is 19.2. The molecule has 0 spiro atoms. The van der Waals surface area contributed by atoms with Crippen molar-refractivity contribution >= 4 is 29.9 Å². The summed E-state index contributed by atoms with van der Waals surface area (Å²) in [6.45, 7) is 3.36. The molecular weight excluding hydrogens is 465 g/mol. The Morgan fingerprint density at radius 1 is 1.11 bits per heavy atom. The molecule has 3 rings (SSSR count). The third-order valence-corrected chi connectivity index (χ3v) is 5.14. The van der Waals surface area contributed by atoms with E-state index in [1.54, 1.807) is 14.2 Å². The SMILES string of the molecule is CN=C(NCc1ccccc1COC)N1CCC(c2ccc(OC)cc2)C1.I. The molecule has 1 aliphatic rings. The molecule has 6 heteroatoms. The lowest BCUT2D eigenvalue weighted by molar-refractivity contribution is 0.184. The fraction of sp³-hybridized carbons (Fsp3) is 0.409. The summed E-state index contributed by atoms with van der Waals surface area (Å²) in [7, 11) is 5.28. The van der Waals surface area contributed by atoms with E-state index in [2.05, 4.69) is 45.5 Å². The Morgan fingerprint density at radius 2 is 1.82 bits per heavy atom. The second-order valence-corrected chi connectivity index (χ2v) is 6.81. The molecule has 1 N–H and O–H groups in total. The number of likely N-dealkylation sites (tertiary alicyclic amines) is 1. The van der Waals surface area contributed by atoms with Gasteiger partial charge < -0.3 is 19.7 Å². The number of nitrogens with zero attached hydrogens (tertiary/aromatic N) is 2. The number of rotatable bonds is 6. The Hall–Kier alpha value is -1.80. The minimum Gasteiger partial charge on any atom is -0.497 e. The number of hydrogen-bond acceptors (Lipinski definition) is 3. The number of guanidine groups is 1. The van der Waals surface area contributed by atoms with Crippen molar-refractivity contribution < 1.29 is 9.47 Å². The summed E-state index contributed by atoms with van der Waals surface area (Å²) >= 11 is 0. The number of aliphatic imine (C=N–C) groups is 1. The molecule has 1 heterocycles. The summed E-state index contributed by atoms with van der Waals surface area (Å²) in [5, 5.41) is 3.52. The standard InChI is InChI=1S/C22H29N3O2.HI/c1-23-22(24-14-18-6-4-5-7-20(18)16-26-2)25-13-12-19(15-25)17-8-10-21(27-3)11-9-17;/h4-11,19H,12-16H2,1-3H3,(H,23,24);1H. The maximum absolute atomic E-state index is 5.30. The average Bonchev–Trinajstić information content (AvgIpc) is 3.20. The average molecular weight is 495 g/mol. The van der Waals surface area contributed by atoms with Gasteiger partial charge in [0.25, 0.3) is 0 Å². The number of hydrogen-bond donors (Lipinski definition) is 1. The quantitative estimate of drug-likeness (QED) is 0.374. The second-order valence-electron chi connectivity index (χ2n) is 6.81. The van der Waals surface area contributed by atoms with Gasteiger partial charge in [0.05, 0.1) is 13.7 Å². The Bertz CT molecular complexity index is 765. The monoisotopic (exact) mass is 495 g/mol. The van der Waals surface area contributed by atoms with Gasteiger partial charge in [-0.3, -0.25) is 4.99 Å². The molecule has 1 atom stereocenters.